The fourth-order valence-corrected chi connectivity index (χ4v) is 3.28. The molecule has 3 aromatic rings. The van der Waals surface area contributed by atoms with Crippen molar-refractivity contribution in [2.24, 2.45) is 0 Å². The number of hydrogen-bond donors (Lipinski definition) is 0. The van der Waals surface area contributed by atoms with Crippen LogP contribution in [-0.4, -0.2) is 36.1 Å². The maximum Gasteiger partial charge on any atom is 0.224 e. The second-order valence-corrected chi connectivity index (χ2v) is 6.65. The van der Waals surface area contributed by atoms with E-state index in [9.17, 15) is 8.78 Å². The first kappa shape index (κ1) is 18.2. The van der Waals surface area contributed by atoms with E-state index < -0.39 is 0 Å². The van der Waals surface area contributed by atoms with Crippen LogP contribution in [0, 0.1) is 18.6 Å². The molecule has 0 spiro atoms. The topological polar surface area (TPSA) is 41.5 Å². The fraction of sp³-hybridized carbons (Fsp3) is 0.238. The molecule has 28 heavy (non-hydrogen) atoms. The summed E-state index contributed by atoms with van der Waals surface area (Å²) in [4.78, 5) is 12.6. The third kappa shape index (κ3) is 3.88. The highest BCUT2D eigenvalue weighted by molar-refractivity contribution is 5.51. The molecule has 0 saturated carbocycles. The lowest BCUT2D eigenvalue weighted by Crippen LogP contribution is -2.47. The highest BCUT2D eigenvalue weighted by Gasteiger charge is 2.20. The van der Waals surface area contributed by atoms with Gasteiger partial charge >= 0.3 is 0 Å². The first-order valence-corrected chi connectivity index (χ1v) is 9.10. The quantitative estimate of drug-likeness (QED) is 0.677. The second-order valence-electron chi connectivity index (χ2n) is 6.65. The van der Waals surface area contributed by atoms with Gasteiger partial charge in [-0.3, -0.25) is 0 Å². The van der Waals surface area contributed by atoms with Crippen molar-refractivity contribution in [1.29, 1.82) is 0 Å². The summed E-state index contributed by atoms with van der Waals surface area (Å²) in [5, 5.41) is 0. The number of aryl methyl sites for hydroxylation is 1. The lowest BCUT2D eigenvalue weighted by Gasteiger charge is -2.36. The minimum absolute atomic E-state index is 0.205. The molecule has 1 fully saturated rings. The van der Waals surface area contributed by atoms with Crippen LogP contribution in [0.4, 0.5) is 20.3 Å². The van der Waals surface area contributed by atoms with Crippen molar-refractivity contribution in [2.75, 3.05) is 36.0 Å². The number of piperazine rings is 1. The van der Waals surface area contributed by atoms with Crippen LogP contribution in [0.15, 0.2) is 54.9 Å². The number of anilines is 2. The molecular formula is C21H20F2N4O. The molecule has 2 heterocycles. The molecule has 5 nitrogen and oxygen atoms in total. The van der Waals surface area contributed by atoms with Crippen molar-refractivity contribution >= 4 is 11.5 Å². The van der Waals surface area contributed by atoms with Gasteiger partial charge in [-0.2, -0.15) is 0 Å². The normalized spacial score (nSPS) is 14.2. The molecular weight excluding hydrogens is 362 g/mol. The van der Waals surface area contributed by atoms with Crippen LogP contribution < -0.4 is 14.5 Å². The number of ether oxygens (including phenoxy) is 1. The van der Waals surface area contributed by atoms with Gasteiger partial charge in [0.05, 0.1) is 5.69 Å². The number of para-hydroxylation sites is 1. The molecule has 0 aliphatic carbocycles. The summed E-state index contributed by atoms with van der Waals surface area (Å²) < 4.78 is 33.1. The van der Waals surface area contributed by atoms with E-state index in [-0.39, 0.29) is 11.6 Å². The third-order valence-electron chi connectivity index (χ3n) is 4.78. The van der Waals surface area contributed by atoms with E-state index in [0.29, 0.717) is 49.1 Å². The highest BCUT2D eigenvalue weighted by Crippen LogP contribution is 2.27. The molecule has 2 aromatic carbocycles. The first-order chi connectivity index (χ1) is 13.6. The largest absolute Gasteiger partial charge is 0.439 e. The Labute approximate surface area is 162 Å². The lowest BCUT2D eigenvalue weighted by atomic mass is 10.2. The molecule has 144 valence electrons. The van der Waals surface area contributed by atoms with Crippen LogP contribution in [0.5, 0.6) is 11.6 Å². The zero-order valence-corrected chi connectivity index (χ0v) is 15.5. The van der Waals surface area contributed by atoms with Gasteiger partial charge in [-0.25, -0.2) is 18.7 Å². The van der Waals surface area contributed by atoms with Gasteiger partial charge in [0.25, 0.3) is 0 Å². The van der Waals surface area contributed by atoms with Crippen molar-refractivity contribution in [3.05, 3.63) is 72.1 Å². The van der Waals surface area contributed by atoms with Crippen LogP contribution >= 0.6 is 0 Å². The van der Waals surface area contributed by atoms with Gasteiger partial charge in [0.2, 0.25) is 5.88 Å². The number of hydrogen-bond acceptors (Lipinski definition) is 5. The molecule has 1 aliphatic heterocycles. The zero-order valence-electron chi connectivity index (χ0n) is 15.5. The molecule has 1 saturated heterocycles. The van der Waals surface area contributed by atoms with Crippen molar-refractivity contribution in [3.8, 4) is 11.6 Å². The number of nitrogens with zero attached hydrogens (tertiary/aromatic N) is 4. The minimum Gasteiger partial charge on any atom is -0.439 e. The zero-order chi connectivity index (χ0) is 19.5. The summed E-state index contributed by atoms with van der Waals surface area (Å²) in [7, 11) is 0. The standard InChI is InChI=1S/C21H20F2N4O/c1-15-12-16(22)6-7-19(15)28-21-13-20(24-14-25-21)27-10-8-26(9-11-27)18-5-3-2-4-17(18)23/h2-7,12-14H,8-11H2,1H3. The van der Waals surface area contributed by atoms with Crippen molar-refractivity contribution in [1.82, 2.24) is 9.97 Å². The van der Waals surface area contributed by atoms with Crippen LogP contribution in [0.2, 0.25) is 0 Å². The van der Waals surface area contributed by atoms with Crippen LogP contribution in [-0.2, 0) is 0 Å². The Hall–Kier alpha value is -3.22. The molecule has 4 rings (SSSR count). The predicted octanol–water partition coefficient (Wildman–Crippen LogP) is 4.18. The fourth-order valence-electron chi connectivity index (χ4n) is 3.28. The van der Waals surface area contributed by atoms with Gasteiger partial charge in [0.15, 0.2) is 0 Å². The van der Waals surface area contributed by atoms with Crippen LogP contribution in [0.1, 0.15) is 5.56 Å². The average molecular weight is 382 g/mol. The Kier molecular flexibility index (Phi) is 5.06. The van der Waals surface area contributed by atoms with E-state index in [1.54, 1.807) is 31.2 Å². The minimum atomic E-state index is -0.305. The molecule has 0 N–H and O–H groups in total. The molecule has 1 aliphatic rings. The van der Waals surface area contributed by atoms with Gasteiger partial charge < -0.3 is 14.5 Å². The van der Waals surface area contributed by atoms with E-state index in [1.807, 2.05) is 11.0 Å². The molecule has 0 radical (unpaired) electrons. The van der Waals surface area contributed by atoms with Gasteiger partial charge in [-0.1, -0.05) is 12.1 Å². The van der Waals surface area contributed by atoms with Crippen LogP contribution in [0.25, 0.3) is 0 Å². The van der Waals surface area contributed by atoms with Crippen molar-refractivity contribution in [3.63, 3.8) is 0 Å². The van der Waals surface area contributed by atoms with E-state index in [1.165, 1.54) is 24.5 Å². The van der Waals surface area contributed by atoms with E-state index >= 15 is 0 Å². The van der Waals surface area contributed by atoms with E-state index in [2.05, 4.69) is 14.9 Å². The Morgan fingerprint density at radius 2 is 1.64 bits per heavy atom. The monoisotopic (exact) mass is 382 g/mol. The Bertz CT molecular complexity index is 974. The molecule has 1 aromatic heterocycles. The summed E-state index contributed by atoms with van der Waals surface area (Å²) in [5.74, 6) is 1.19. The van der Waals surface area contributed by atoms with Gasteiger partial charge in [0, 0.05) is 32.2 Å². The van der Waals surface area contributed by atoms with Gasteiger partial charge in [0.1, 0.15) is 29.5 Å². The third-order valence-corrected chi connectivity index (χ3v) is 4.78. The Morgan fingerprint density at radius 1 is 0.893 bits per heavy atom. The number of benzene rings is 2. The highest BCUT2D eigenvalue weighted by atomic mass is 19.1. The maximum absolute atomic E-state index is 14.0. The first-order valence-electron chi connectivity index (χ1n) is 9.10. The molecule has 0 atom stereocenters. The molecule has 0 bridgehead atoms. The smallest absolute Gasteiger partial charge is 0.224 e. The summed E-state index contributed by atoms with van der Waals surface area (Å²) in [6.07, 6.45) is 1.45. The number of aromatic nitrogens is 2. The Morgan fingerprint density at radius 3 is 2.39 bits per heavy atom. The summed E-state index contributed by atoms with van der Waals surface area (Å²) in [6, 6.07) is 12.9. The summed E-state index contributed by atoms with van der Waals surface area (Å²) in [5.41, 5.74) is 1.32. The number of rotatable bonds is 4. The molecule has 0 amide bonds. The lowest BCUT2D eigenvalue weighted by molar-refractivity contribution is 0.455. The Balaban J connectivity index is 1.44. The average Bonchev–Trinajstić information content (AvgIpc) is 2.71. The second kappa shape index (κ2) is 7.80. The van der Waals surface area contributed by atoms with E-state index in [0.717, 1.165) is 5.82 Å². The van der Waals surface area contributed by atoms with Gasteiger partial charge in [-0.15, -0.1) is 0 Å². The van der Waals surface area contributed by atoms with E-state index in [4.69, 9.17) is 4.74 Å². The summed E-state index contributed by atoms with van der Waals surface area (Å²) in [6.45, 7) is 4.58. The molecule has 0 unspecified atom stereocenters. The SMILES string of the molecule is Cc1cc(F)ccc1Oc1cc(N2CCN(c3ccccc3F)CC2)ncn1. The van der Waals surface area contributed by atoms with Crippen LogP contribution in [0.3, 0.4) is 0 Å². The van der Waals surface area contributed by atoms with Gasteiger partial charge in [-0.05, 0) is 42.8 Å². The van der Waals surface area contributed by atoms with Crippen molar-refractivity contribution in [2.45, 2.75) is 6.92 Å². The maximum atomic E-state index is 14.0. The summed E-state index contributed by atoms with van der Waals surface area (Å²) >= 11 is 0. The number of halogens is 2. The predicted molar refractivity (Wildman–Crippen MR) is 104 cm³/mol. The molecule has 7 heteroatoms. The van der Waals surface area contributed by atoms with Crippen molar-refractivity contribution < 1.29 is 13.5 Å².